The van der Waals surface area contributed by atoms with E-state index in [1.807, 2.05) is 13.8 Å². The fraction of sp³-hybridized carbons (Fsp3) is 0.538. The van der Waals surface area contributed by atoms with Crippen LogP contribution in [-0.2, 0) is 10.9 Å². The molecular weight excluding hydrogens is 243 g/mol. The van der Waals surface area contributed by atoms with Crippen LogP contribution in [0.4, 0.5) is 18.9 Å². The van der Waals surface area contributed by atoms with Gasteiger partial charge in [0.25, 0.3) is 0 Å². The standard InChI is InChI=1S/C13H18F3NO/c1-12(2,18-3)8-9-17-11-6-4-10(5-7-11)13(14,15)16/h4-7,17H,8-9H2,1-3H3. The zero-order chi connectivity index (χ0) is 13.8. The Hall–Kier alpha value is -1.23. The van der Waals surface area contributed by atoms with E-state index in [0.29, 0.717) is 12.2 Å². The van der Waals surface area contributed by atoms with Gasteiger partial charge in [0.15, 0.2) is 0 Å². The SMILES string of the molecule is COC(C)(C)CCNc1ccc(C(F)(F)F)cc1. The van der Waals surface area contributed by atoms with Crippen molar-refractivity contribution < 1.29 is 17.9 Å². The van der Waals surface area contributed by atoms with E-state index in [1.165, 1.54) is 12.1 Å². The minimum atomic E-state index is -4.28. The number of rotatable bonds is 5. The lowest BCUT2D eigenvalue weighted by atomic mass is 10.1. The molecule has 0 heterocycles. The molecule has 0 saturated heterocycles. The van der Waals surface area contributed by atoms with Crippen LogP contribution in [0.2, 0.25) is 0 Å². The molecule has 0 aliphatic carbocycles. The number of benzene rings is 1. The lowest BCUT2D eigenvalue weighted by Gasteiger charge is -2.23. The lowest BCUT2D eigenvalue weighted by Crippen LogP contribution is -2.25. The van der Waals surface area contributed by atoms with Gasteiger partial charge in [-0.15, -0.1) is 0 Å². The molecule has 0 aliphatic heterocycles. The highest BCUT2D eigenvalue weighted by Crippen LogP contribution is 2.29. The van der Waals surface area contributed by atoms with Crippen LogP contribution in [0.1, 0.15) is 25.8 Å². The highest BCUT2D eigenvalue weighted by Gasteiger charge is 2.29. The van der Waals surface area contributed by atoms with Gasteiger partial charge in [-0.05, 0) is 44.5 Å². The predicted molar refractivity (Wildman–Crippen MR) is 65.6 cm³/mol. The van der Waals surface area contributed by atoms with Crippen molar-refractivity contribution in [3.05, 3.63) is 29.8 Å². The third-order valence-electron chi connectivity index (χ3n) is 2.82. The maximum absolute atomic E-state index is 12.3. The molecule has 1 aromatic rings. The molecule has 0 bridgehead atoms. The Morgan fingerprint density at radius 2 is 1.67 bits per heavy atom. The quantitative estimate of drug-likeness (QED) is 0.867. The van der Waals surface area contributed by atoms with Crippen molar-refractivity contribution >= 4 is 5.69 Å². The van der Waals surface area contributed by atoms with E-state index in [2.05, 4.69) is 5.32 Å². The van der Waals surface area contributed by atoms with E-state index >= 15 is 0 Å². The first-order valence-electron chi connectivity index (χ1n) is 5.71. The van der Waals surface area contributed by atoms with Crippen molar-refractivity contribution in [3.8, 4) is 0 Å². The summed E-state index contributed by atoms with van der Waals surface area (Å²) in [6.07, 6.45) is -3.51. The number of methoxy groups -OCH3 is 1. The third-order valence-corrected chi connectivity index (χ3v) is 2.82. The Balaban J connectivity index is 2.50. The minimum absolute atomic E-state index is 0.237. The number of halogens is 3. The van der Waals surface area contributed by atoms with Gasteiger partial charge in [0, 0.05) is 19.3 Å². The molecule has 0 amide bonds. The third kappa shape index (κ3) is 4.56. The molecule has 18 heavy (non-hydrogen) atoms. The van der Waals surface area contributed by atoms with E-state index < -0.39 is 11.7 Å². The summed E-state index contributed by atoms with van der Waals surface area (Å²) >= 11 is 0. The molecule has 2 nitrogen and oxygen atoms in total. The summed E-state index contributed by atoms with van der Waals surface area (Å²) in [6.45, 7) is 4.56. The molecular formula is C13H18F3NO. The number of ether oxygens (including phenoxy) is 1. The van der Waals surface area contributed by atoms with Crippen LogP contribution in [0.25, 0.3) is 0 Å². The lowest BCUT2D eigenvalue weighted by molar-refractivity contribution is -0.137. The second kappa shape index (κ2) is 5.61. The second-order valence-electron chi connectivity index (χ2n) is 4.72. The van der Waals surface area contributed by atoms with Crippen LogP contribution >= 0.6 is 0 Å². The summed E-state index contributed by atoms with van der Waals surface area (Å²) in [4.78, 5) is 0. The Labute approximate surface area is 105 Å². The van der Waals surface area contributed by atoms with Gasteiger partial charge in [-0.3, -0.25) is 0 Å². The first-order chi connectivity index (χ1) is 8.24. The highest BCUT2D eigenvalue weighted by molar-refractivity contribution is 5.45. The normalized spacial score (nSPS) is 12.6. The molecule has 5 heteroatoms. The van der Waals surface area contributed by atoms with Gasteiger partial charge in [-0.2, -0.15) is 13.2 Å². The summed E-state index contributed by atoms with van der Waals surface area (Å²) in [6, 6.07) is 5.01. The average Bonchev–Trinajstić information content (AvgIpc) is 2.28. The smallest absolute Gasteiger partial charge is 0.385 e. The Bertz CT molecular complexity index is 371. The van der Waals surface area contributed by atoms with Crippen molar-refractivity contribution in [2.45, 2.75) is 32.0 Å². The molecule has 0 unspecified atom stereocenters. The van der Waals surface area contributed by atoms with Gasteiger partial charge >= 0.3 is 6.18 Å². The van der Waals surface area contributed by atoms with Crippen LogP contribution in [0, 0.1) is 0 Å². The number of hydrogen-bond donors (Lipinski definition) is 1. The van der Waals surface area contributed by atoms with E-state index in [0.717, 1.165) is 18.6 Å². The molecule has 0 atom stereocenters. The van der Waals surface area contributed by atoms with Crippen molar-refractivity contribution in [1.29, 1.82) is 0 Å². The van der Waals surface area contributed by atoms with E-state index in [1.54, 1.807) is 7.11 Å². The summed E-state index contributed by atoms with van der Waals surface area (Å²) in [5.41, 5.74) is -0.195. The summed E-state index contributed by atoms with van der Waals surface area (Å²) in [7, 11) is 1.64. The predicted octanol–water partition coefficient (Wildman–Crippen LogP) is 3.93. The van der Waals surface area contributed by atoms with Crippen molar-refractivity contribution in [3.63, 3.8) is 0 Å². The van der Waals surface area contributed by atoms with Crippen LogP contribution in [0.3, 0.4) is 0 Å². The summed E-state index contributed by atoms with van der Waals surface area (Å²) in [5.74, 6) is 0. The monoisotopic (exact) mass is 261 g/mol. The maximum atomic E-state index is 12.3. The van der Waals surface area contributed by atoms with E-state index in [-0.39, 0.29) is 5.60 Å². The first kappa shape index (κ1) is 14.8. The fourth-order valence-electron chi connectivity index (χ4n) is 1.39. The van der Waals surface area contributed by atoms with Gasteiger partial charge in [-0.25, -0.2) is 0 Å². The Morgan fingerprint density at radius 1 is 1.11 bits per heavy atom. The zero-order valence-corrected chi connectivity index (χ0v) is 10.8. The van der Waals surface area contributed by atoms with Crippen LogP contribution in [-0.4, -0.2) is 19.3 Å². The number of hydrogen-bond acceptors (Lipinski definition) is 2. The Kier molecular flexibility index (Phi) is 4.62. The maximum Gasteiger partial charge on any atom is 0.416 e. The van der Waals surface area contributed by atoms with Crippen molar-refractivity contribution in [1.82, 2.24) is 0 Å². The first-order valence-corrected chi connectivity index (χ1v) is 5.71. The molecule has 1 aromatic carbocycles. The highest BCUT2D eigenvalue weighted by atomic mass is 19.4. The number of alkyl halides is 3. The molecule has 1 rings (SSSR count). The van der Waals surface area contributed by atoms with Gasteiger partial charge in [0.05, 0.1) is 11.2 Å². The second-order valence-corrected chi connectivity index (χ2v) is 4.72. The number of nitrogens with one attached hydrogen (secondary N) is 1. The van der Waals surface area contributed by atoms with Gasteiger partial charge in [-0.1, -0.05) is 0 Å². The fourth-order valence-corrected chi connectivity index (χ4v) is 1.39. The van der Waals surface area contributed by atoms with Crippen molar-refractivity contribution in [2.24, 2.45) is 0 Å². The van der Waals surface area contributed by atoms with Gasteiger partial charge in [0.1, 0.15) is 0 Å². The average molecular weight is 261 g/mol. The topological polar surface area (TPSA) is 21.3 Å². The molecule has 0 saturated carbocycles. The number of anilines is 1. The molecule has 1 N–H and O–H groups in total. The van der Waals surface area contributed by atoms with Crippen LogP contribution in [0.15, 0.2) is 24.3 Å². The zero-order valence-electron chi connectivity index (χ0n) is 10.8. The summed E-state index contributed by atoms with van der Waals surface area (Å²) in [5, 5.41) is 3.07. The molecule has 0 radical (unpaired) electrons. The molecule has 0 aliphatic rings. The van der Waals surface area contributed by atoms with Gasteiger partial charge in [0.2, 0.25) is 0 Å². The molecule has 0 fully saturated rings. The Morgan fingerprint density at radius 3 is 2.11 bits per heavy atom. The molecule has 0 spiro atoms. The van der Waals surface area contributed by atoms with Gasteiger partial charge < -0.3 is 10.1 Å². The van der Waals surface area contributed by atoms with Crippen LogP contribution < -0.4 is 5.32 Å². The van der Waals surface area contributed by atoms with E-state index in [4.69, 9.17) is 4.74 Å². The molecule has 0 aromatic heterocycles. The van der Waals surface area contributed by atoms with Crippen LogP contribution in [0.5, 0.6) is 0 Å². The summed E-state index contributed by atoms with van der Waals surface area (Å²) < 4.78 is 42.3. The van der Waals surface area contributed by atoms with E-state index in [9.17, 15) is 13.2 Å². The largest absolute Gasteiger partial charge is 0.416 e. The minimum Gasteiger partial charge on any atom is -0.385 e. The molecule has 102 valence electrons. The van der Waals surface area contributed by atoms with Crippen molar-refractivity contribution in [2.75, 3.05) is 19.0 Å².